The van der Waals surface area contributed by atoms with E-state index in [4.69, 9.17) is 9.73 Å². The van der Waals surface area contributed by atoms with Crippen molar-refractivity contribution in [1.29, 1.82) is 0 Å². The Hall–Kier alpha value is -2.67. The van der Waals surface area contributed by atoms with Crippen LogP contribution in [0.25, 0.3) is 0 Å². The molecule has 33 heavy (non-hydrogen) atoms. The van der Waals surface area contributed by atoms with Crippen LogP contribution in [0.15, 0.2) is 47.6 Å². The number of halogens is 1. The molecule has 1 aromatic carbocycles. The minimum absolute atomic E-state index is 0.0171. The topological polar surface area (TPSA) is 64.0 Å². The Morgan fingerprint density at radius 2 is 1.91 bits per heavy atom. The van der Waals surface area contributed by atoms with Crippen molar-refractivity contribution in [3.8, 4) is 5.88 Å². The van der Waals surface area contributed by atoms with Crippen LogP contribution in [0.3, 0.4) is 0 Å². The van der Waals surface area contributed by atoms with Gasteiger partial charge in [0.15, 0.2) is 0 Å². The Kier molecular flexibility index (Phi) is 7.81. The number of nitrogens with zero attached hydrogens (tertiary/aromatic N) is 4. The van der Waals surface area contributed by atoms with E-state index < -0.39 is 0 Å². The first-order valence-electron chi connectivity index (χ1n) is 12.1. The van der Waals surface area contributed by atoms with Crippen LogP contribution in [-0.2, 0) is 6.42 Å². The van der Waals surface area contributed by atoms with E-state index in [0.29, 0.717) is 18.8 Å². The maximum absolute atomic E-state index is 13.2. The van der Waals surface area contributed by atoms with Gasteiger partial charge in [-0.3, -0.25) is 0 Å². The van der Waals surface area contributed by atoms with Gasteiger partial charge in [-0.2, -0.15) is 0 Å². The zero-order valence-electron chi connectivity index (χ0n) is 19.6. The summed E-state index contributed by atoms with van der Waals surface area (Å²) in [4.78, 5) is 13.7. The zero-order valence-corrected chi connectivity index (χ0v) is 19.6. The van der Waals surface area contributed by atoms with Crippen LogP contribution in [0.4, 0.5) is 10.1 Å². The molecule has 2 saturated heterocycles. The van der Waals surface area contributed by atoms with Crippen molar-refractivity contribution >= 4 is 11.6 Å². The number of ether oxygens (including phenoxy) is 1. The minimum Gasteiger partial charge on any atom is -0.862 e. The van der Waals surface area contributed by atoms with E-state index in [1.165, 1.54) is 25.0 Å². The van der Waals surface area contributed by atoms with Gasteiger partial charge in [0.25, 0.3) is 0 Å². The molecule has 0 radical (unpaired) electrons. The van der Waals surface area contributed by atoms with Crippen molar-refractivity contribution in [3.05, 3.63) is 54.0 Å². The Morgan fingerprint density at radius 3 is 2.58 bits per heavy atom. The van der Waals surface area contributed by atoms with Crippen LogP contribution in [0.2, 0.25) is 0 Å². The third-order valence-electron chi connectivity index (χ3n) is 6.33. The Morgan fingerprint density at radius 1 is 1.15 bits per heavy atom. The number of benzene rings is 1. The van der Waals surface area contributed by atoms with Crippen LogP contribution >= 0.6 is 0 Å². The number of aromatic nitrogens is 1. The lowest BCUT2D eigenvalue weighted by Gasteiger charge is -2.26. The van der Waals surface area contributed by atoms with Crippen LogP contribution in [0.1, 0.15) is 38.7 Å². The van der Waals surface area contributed by atoms with Crippen LogP contribution in [0.5, 0.6) is 5.88 Å². The van der Waals surface area contributed by atoms with Gasteiger partial charge in [-0.15, -0.1) is 0 Å². The fourth-order valence-electron chi connectivity index (χ4n) is 4.66. The molecule has 178 valence electrons. The summed E-state index contributed by atoms with van der Waals surface area (Å²) in [6.45, 7) is 8.31. The number of pyridine rings is 1. The number of anilines is 1. The first kappa shape index (κ1) is 23.5. The summed E-state index contributed by atoms with van der Waals surface area (Å²) < 4.78 is 18.9. The first-order valence-corrected chi connectivity index (χ1v) is 12.1. The second-order valence-electron chi connectivity index (χ2n) is 9.41. The molecule has 2 aromatic rings. The quantitative estimate of drug-likeness (QED) is 0.431. The van der Waals surface area contributed by atoms with Gasteiger partial charge in [-0.05, 0) is 88.3 Å². The molecule has 0 amide bonds. The molecule has 2 aliphatic heterocycles. The molecule has 2 atom stereocenters. The predicted octanol–water partition coefficient (Wildman–Crippen LogP) is 3.30. The summed E-state index contributed by atoms with van der Waals surface area (Å²) in [5, 5.41) is 13.1. The van der Waals surface area contributed by atoms with E-state index >= 15 is 0 Å². The number of rotatable bonds is 9. The lowest BCUT2D eigenvalue weighted by molar-refractivity contribution is -0.223. The van der Waals surface area contributed by atoms with E-state index in [9.17, 15) is 9.50 Å². The fourth-order valence-corrected chi connectivity index (χ4v) is 4.66. The third-order valence-corrected chi connectivity index (χ3v) is 6.33. The van der Waals surface area contributed by atoms with Crippen LogP contribution in [0, 0.1) is 11.7 Å². The van der Waals surface area contributed by atoms with Gasteiger partial charge in [-0.1, -0.05) is 6.07 Å². The summed E-state index contributed by atoms with van der Waals surface area (Å²) >= 11 is 0. The van der Waals surface area contributed by atoms with Crippen molar-refractivity contribution in [2.75, 3.05) is 37.6 Å². The highest BCUT2D eigenvalue weighted by Crippen LogP contribution is 2.25. The number of hydrogen-bond acceptors (Lipinski definition) is 6. The van der Waals surface area contributed by atoms with Gasteiger partial charge in [0.05, 0.1) is 12.1 Å². The second kappa shape index (κ2) is 11.0. The van der Waals surface area contributed by atoms with E-state index in [2.05, 4.69) is 14.8 Å². The van der Waals surface area contributed by atoms with Crippen LogP contribution in [-0.4, -0.2) is 60.7 Å². The summed E-state index contributed by atoms with van der Waals surface area (Å²) in [7, 11) is 0. The fraction of sp³-hybridized carbons (Fsp3) is 0.538. The summed E-state index contributed by atoms with van der Waals surface area (Å²) in [5.41, 5.74) is 2.02. The van der Waals surface area contributed by atoms with E-state index in [1.54, 1.807) is 12.1 Å². The molecule has 2 unspecified atom stereocenters. The van der Waals surface area contributed by atoms with Crippen molar-refractivity contribution in [3.63, 3.8) is 0 Å². The molecule has 7 heteroatoms. The zero-order chi connectivity index (χ0) is 23.2. The lowest BCUT2D eigenvalue weighted by Crippen LogP contribution is -2.36. The minimum atomic E-state index is -0.247. The highest BCUT2D eigenvalue weighted by atomic mass is 19.1. The average Bonchev–Trinajstić information content (AvgIpc) is 3.48. The largest absolute Gasteiger partial charge is 0.862 e. The van der Waals surface area contributed by atoms with Gasteiger partial charge in [0, 0.05) is 43.5 Å². The molecular formula is C26H34FN4O2-. The van der Waals surface area contributed by atoms with Gasteiger partial charge in [-0.25, -0.2) is 9.37 Å². The average molecular weight is 454 g/mol. The first-order chi connectivity index (χ1) is 16.0. The van der Waals surface area contributed by atoms with Crippen LogP contribution < -0.4 is 14.7 Å². The smallest absolute Gasteiger partial charge is 0.213 e. The summed E-state index contributed by atoms with van der Waals surface area (Å²) in [6, 6.07) is 10.3. The Labute approximate surface area is 196 Å². The molecule has 6 nitrogen and oxygen atoms in total. The molecule has 2 fully saturated rings. The van der Waals surface area contributed by atoms with Crippen molar-refractivity contribution in [2.24, 2.45) is 10.9 Å². The number of hydrogen-bond donors (Lipinski definition) is 0. The molecule has 4 rings (SSSR count). The number of likely N-dealkylation sites (tertiary alicyclic amines) is 1. The molecule has 1 aromatic heterocycles. The Balaban J connectivity index is 1.43. The van der Waals surface area contributed by atoms with Crippen molar-refractivity contribution < 1.29 is 14.2 Å². The molecule has 0 spiro atoms. The maximum atomic E-state index is 13.2. The van der Waals surface area contributed by atoms with Gasteiger partial charge < -0.3 is 24.6 Å². The van der Waals surface area contributed by atoms with Gasteiger partial charge in [0.1, 0.15) is 5.82 Å². The highest BCUT2D eigenvalue weighted by Gasteiger charge is 2.24. The second-order valence-corrected chi connectivity index (χ2v) is 9.41. The van der Waals surface area contributed by atoms with Gasteiger partial charge >= 0.3 is 0 Å². The Bertz CT molecular complexity index is 911. The SMILES string of the molecule is CC(C)Oc1ccc(CC(CN2CCCC2)N=C([O-])C2CCN(c3ccc(F)cc3)C2)cn1. The third kappa shape index (κ3) is 6.67. The monoisotopic (exact) mass is 453 g/mol. The maximum Gasteiger partial charge on any atom is 0.213 e. The van der Waals surface area contributed by atoms with Crippen molar-refractivity contribution in [1.82, 2.24) is 9.88 Å². The lowest BCUT2D eigenvalue weighted by atomic mass is 10.1. The van der Waals surface area contributed by atoms with E-state index in [-0.39, 0.29) is 29.8 Å². The molecular weight excluding hydrogens is 419 g/mol. The molecule has 3 heterocycles. The molecule has 2 aliphatic rings. The summed E-state index contributed by atoms with van der Waals surface area (Å²) in [6.07, 6.45) is 5.79. The van der Waals surface area contributed by atoms with Crippen molar-refractivity contribution in [2.45, 2.75) is 51.7 Å². The number of aliphatic imine (C=N–C) groups is 1. The molecule has 0 N–H and O–H groups in total. The molecule has 0 aliphatic carbocycles. The standard InChI is InChI=1S/C26H35FN4O2/c1-19(2)33-25-10-5-20(16-28-25)15-23(18-30-12-3-4-13-30)29-26(32)21-11-14-31(17-21)24-8-6-22(27)7-9-24/h5-10,16,19,21,23H,3-4,11-15,17-18H2,1-2H3,(H,29,32)/p-1. The normalized spacial score (nSPS) is 20.5. The molecule has 0 bridgehead atoms. The highest BCUT2D eigenvalue weighted by molar-refractivity contribution is 5.76. The summed E-state index contributed by atoms with van der Waals surface area (Å²) in [5.74, 6) is 0.237. The van der Waals surface area contributed by atoms with E-state index in [1.807, 2.05) is 32.2 Å². The molecule has 0 saturated carbocycles. The van der Waals surface area contributed by atoms with Gasteiger partial charge in [0.2, 0.25) is 5.88 Å². The van der Waals surface area contributed by atoms with E-state index in [0.717, 1.165) is 43.9 Å². The predicted molar refractivity (Wildman–Crippen MR) is 127 cm³/mol.